The second kappa shape index (κ2) is 10.7. The number of hydrogen-bond acceptors (Lipinski definition) is 3. The molecule has 1 aromatic rings. The Morgan fingerprint density at radius 2 is 1.80 bits per heavy atom. The molecule has 3 nitrogen and oxygen atoms in total. The van der Waals surface area contributed by atoms with Crippen LogP contribution in [0.25, 0.3) is 0 Å². The molecule has 0 fully saturated rings. The van der Waals surface area contributed by atoms with Gasteiger partial charge in [0.25, 0.3) is 0 Å². The molecule has 0 amide bonds. The SMILES string of the molecule is Cc1nc2c(c(C)c1O)CC(C)(CCC[C@H](C)/C=C/C[C@H](C)CCCC(C)C)N2C. The lowest BCUT2D eigenvalue weighted by Gasteiger charge is -2.34. The standard InChI is InChI=1S/C27H46N2O/c1-19(2)12-9-13-20(3)14-10-15-21(4)16-11-17-27(7)18-24-22(5)25(30)23(6)28-26(24)29(27)8/h10,15,19-21,30H,9,11-14,16-18H2,1-8H3/b15-10+/t20-,21-,27?/m1/s1. The van der Waals surface area contributed by atoms with Gasteiger partial charge in [0.1, 0.15) is 11.6 Å². The Hall–Kier alpha value is -1.51. The van der Waals surface area contributed by atoms with E-state index in [1.165, 1.54) is 44.1 Å². The lowest BCUT2D eigenvalue weighted by atomic mass is 9.88. The molecule has 0 aromatic carbocycles. The zero-order chi connectivity index (χ0) is 22.5. The fourth-order valence-electron chi connectivity index (χ4n) is 4.80. The fraction of sp³-hybridized carbons (Fsp3) is 0.741. The quantitative estimate of drug-likeness (QED) is 0.384. The summed E-state index contributed by atoms with van der Waals surface area (Å²) in [6.45, 7) is 15.6. The van der Waals surface area contributed by atoms with Crippen LogP contribution in [0.1, 0.15) is 96.4 Å². The average molecular weight is 415 g/mol. The van der Waals surface area contributed by atoms with E-state index in [-0.39, 0.29) is 5.54 Å². The highest BCUT2D eigenvalue weighted by Crippen LogP contribution is 2.43. The number of hydrogen-bond donors (Lipinski definition) is 1. The smallest absolute Gasteiger partial charge is 0.140 e. The van der Waals surface area contributed by atoms with Gasteiger partial charge in [-0.25, -0.2) is 4.98 Å². The number of aryl methyl sites for hydroxylation is 1. The summed E-state index contributed by atoms with van der Waals surface area (Å²) in [5.41, 5.74) is 3.06. The summed E-state index contributed by atoms with van der Waals surface area (Å²) in [5, 5.41) is 10.3. The van der Waals surface area contributed by atoms with Crippen LogP contribution in [0.4, 0.5) is 5.82 Å². The highest BCUT2D eigenvalue weighted by Gasteiger charge is 2.39. The molecule has 0 aliphatic carbocycles. The molecule has 1 unspecified atom stereocenters. The Labute approximate surface area is 186 Å². The van der Waals surface area contributed by atoms with E-state index in [0.29, 0.717) is 11.7 Å². The first-order valence-electron chi connectivity index (χ1n) is 12.1. The van der Waals surface area contributed by atoms with Crippen molar-refractivity contribution in [3.8, 4) is 5.75 Å². The molecule has 0 saturated carbocycles. The monoisotopic (exact) mass is 414 g/mol. The van der Waals surface area contributed by atoms with Crippen LogP contribution in [0, 0.1) is 31.6 Å². The van der Waals surface area contributed by atoms with Crippen LogP contribution in [0.2, 0.25) is 0 Å². The first kappa shape index (κ1) is 24.8. The molecule has 1 aromatic heterocycles. The van der Waals surface area contributed by atoms with Crippen LogP contribution < -0.4 is 4.90 Å². The van der Waals surface area contributed by atoms with Crippen LogP contribution >= 0.6 is 0 Å². The fourth-order valence-corrected chi connectivity index (χ4v) is 4.80. The van der Waals surface area contributed by atoms with E-state index >= 15 is 0 Å². The third-order valence-electron chi connectivity index (χ3n) is 7.24. The molecule has 0 bridgehead atoms. The maximum Gasteiger partial charge on any atom is 0.140 e. The lowest BCUT2D eigenvalue weighted by Crippen LogP contribution is -2.41. The highest BCUT2D eigenvalue weighted by atomic mass is 16.3. The van der Waals surface area contributed by atoms with Gasteiger partial charge < -0.3 is 10.0 Å². The van der Waals surface area contributed by atoms with Crippen LogP contribution in [0.3, 0.4) is 0 Å². The molecular formula is C27H46N2O. The molecule has 3 heteroatoms. The zero-order valence-corrected chi connectivity index (χ0v) is 20.9. The number of rotatable bonds is 11. The minimum absolute atomic E-state index is 0.0920. The van der Waals surface area contributed by atoms with Crippen LogP contribution in [0.5, 0.6) is 5.75 Å². The normalized spacial score (nSPS) is 20.9. The first-order valence-corrected chi connectivity index (χ1v) is 12.1. The average Bonchev–Trinajstić information content (AvgIpc) is 2.91. The van der Waals surface area contributed by atoms with Crippen molar-refractivity contribution in [3.63, 3.8) is 0 Å². The Morgan fingerprint density at radius 1 is 1.10 bits per heavy atom. The topological polar surface area (TPSA) is 36.4 Å². The summed E-state index contributed by atoms with van der Waals surface area (Å²) in [7, 11) is 2.17. The van der Waals surface area contributed by atoms with Crippen LogP contribution in [-0.4, -0.2) is 22.7 Å². The molecule has 0 radical (unpaired) electrons. The summed E-state index contributed by atoms with van der Waals surface area (Å²) in [6, 6.07) is 0. The summed E-state index contributed by atoms with van der Waals surface area (Å²) < 4.78 is 0. The van der Waals surface area contributed by atoms with Gasteiger partial charge in [-0.1, -0.05) is 65.5 Å². The van der Waals surface area contributed by atoms with Gasteiger partial charge in [-0.05, 0) is 69.8 Å². The number of anilines is 1. The number of likely N-dealkylation sites (N-methyl/N-ethyl adjacent to an activating group) is 1. The van der Waals surface area contributed by atoms with Gasteiger partial charge in [0.2, 0.25) is 0 Å². The third kappa shape index (κ3) is 6.25. The van der Waals surface area contributed by atoms with E-state index in [1.807, 2.05) is 13.8 Å². The Morgan fingerprint density at radius 3 is 2.47 bits per heavy atom. The Bertz CT molecular complexity index is 724. The zero-order valence-electron chi connectivity index (χ0n) is 20.9. The molecule has 1 N–H and O–H groups in total. The lowest BCUT2D eigenvalue weighted by molar-refractivity contribution is 0.398. The van der Waals surface area contributed by atoms with Crippen molar-refractivity contribution in [1.82, 2.24) is 4.98 Å². The van der Waals surface area contributed by atoms with Crippen molar-refractivity contribution >= 4 is 5.82 Å². The number of allylic oxidation sites excluding steroid dienone is 2. The predicted octanol–water partition coefficient (Wildman–Crippen LogP) is 7.37. The summed E-state index contributed by atoms with van der Waals surface area (Å²) in [5.74, 6) is 3.69. The molecule has 0 spiro atoms. The molecule has 1 aliphatic heterocycles. The van der Waals surface area contributed by atoms with Crippen molar-refractivity contribution < 1.29 is 5.11 Å². The maximum absolute atomic E-state index is 10.3. The van der Waals surface area contributed by atoms with Crippen molar-refractivity contribution in [2.45, 2.75) is 105 Å². The molecule has 2 rings (SSSR count). The van der Waals surface area contributed by atoms with Crippen molar-refractivity contribution in [2.24, 2.45) is 17.8 Å². The van der Waals surface area contributed by atoms with Gasteiger partial charge in [0.05, 0.1) is 5.69 Å². The molecule has 2 heterocycles. The highest BCUT2D eigenvalue weighted by molar-refractivity contribution is 5.62. The summed E-state index contributed by atoms with van der Waals surface area (Å²) in [6.07, 6.45) is 14.7. The first-order chi connectivity index (χ1) is 14.0. The summed E-state index contributed by atoms with van der Waals surface area (Å²) >= 11 is 0. The molecule has 0 saturated heterocycles. The van der Waals surface area contributed by atoms with Gasteiger partial charge in [-0.2, -0.15) is 0 Å². The van der Waals surface area contributed by atoms with E-state index in [1.54, 1.807) is 0 Å². The third-order valence-corrected chi connectivity index (χ3v) is 7.24. The van der Waals surface area contributed by atoms with E-state index in [0.717, 1.165) is 41.8 Å². The number of pyridine rings is 1. The van der Waals surface area contributed by atoms with Gasteiger partial charge >= 0.3 is 0 Å². The van der Waals surface area contributed by atoms with Gasteiger partial charge in [-0.15, -0.1) is 0 Å². The van der Waals surface area contributed by atoms with Crippen LogP contribution in [-0.2, 0) is 6.42 Å². The number of nitrogens with zero attached hydrogens (tertiary/aromatic N) is 2. The van der Waals surface area contributed by atoms with E-state index in [4.69, 9.17) is 0 Å². The molecule has 170 valence electrons. The van der Waals surface area contributed by atoms with Gasteiger partial charge in [0, 0.05) is 18.2 Å². The van der Waals surface area contributed by atoms with E-state index < -0.39 is 0 Å². The van der Waals surface area contributed by atoms with Crippen molar-refractivity contribution in [3.05, 3.63) is 29.0 Å². The van der Waals surface area contributed by atoms with Gasteiger partial charge in [0.15, 0.2) is 0 Å². The second-order valence-electron chi connectivity index (χ2n) is 10.7. The minimum Gasteiger partial charge on any atom is -0.506 e. The minimum atomic E-state index is 0.0920. The molecule has 3 atom stereocenters. The molecule has 30 heavy (non-hydrogen) atoms. The van der Waals surface area contributed by atoms with Crippen LogP contribution in [0.15, 0.2) is 12.2 Å². The number of fused-ring (bicyclic) bond motifs is 1. The van der Waals surface area contributed by atoms with Crippen molar-refractivity contribution in [2.75, 3.05) is 11.9 Å². The van der Waals surface area contributed by atoms with Crippen molar-refractivity contribution in [1.29, 1.82) is 0 Å². The Kier molecular flexibility index (Phi) is 8.82. The predicted molar refractivity (Wildman–Crippen MR) is 131 cm³/mol. The van der Waals surface area contributed by atoms with Gasteiger partial charge in [-0.3, -0.25) is 0 Å². The number of aromatic hydroxyl groups is 1. The second-order valence-corrected chi connectivity index (χ2v) is 10.7. The van der Waals surface area contributed by atoms with E-state index in [2.05, 4.69) is 63.7 Å². The maximum atomic E-state index is 10.3. The summed E-state index contributed by atoms with van der Waals surface area (Å²) in [4.78, 5) is 7.03. The largest absolute Gasteiger partial charge is 0.506 e. The number of aromatic nitrogens is 1. The molecule has 1 aliphatic rings. The Balaban J connectivity index is 1.79. The van der Waals surface area contributed by atoms with E-state index in [9.17, 15) is 5.11 Å². The molecular weight excluding hydrogens is 368 g/mol.